The highest BCUT2D eigenvalue weighted by molar-refractivity contribution is 5.85. The van der Waals surface area contributed by atoms with E-state index in [0.717, 1.165) is 6.54 Å². The Morgan fingerprint density at radius 3 is 2.21 bits per heavy atom. The first-order chi connectivity index (χ1) is 19.8. The fraction of sp³-hybridized carbons (Fsp3) is 0.367. The smallest absolute Gasteiger partial charge is 0.453 e. The van der Waals surface area contributed by atoms with Crippen LogP contribution in [-0.2, 0) is 12.7 Å². The first kappa shape index (κ1) is 32.7. The minimum absolute atomic E-state index is 0. The summed E-state index contributed by atoms with van der Waals surface area (Å²) < 4.78 is 46.9. The van der Waals surface area contributed by atoms with Crippen LogP contribution in [0.25, 0.3) is 5.69 Å². The summed E-state index contributed by atoms with van der Waals surface area (Å²) in [5.74, 6) is -0.564. The van der Waals surface area contributed by atoms with Crippen molar-refractivity contribution < 1.29 is 23.0 Å². The molecule has 2 saturated heterocycles. The normalized spacial score (nSPS) is 20.7. The van der Waals surface area contributed by atoms with Crippen molar-refractivity contribution in [3.05, 3.63) is 101 Å². The second-order valence-corrected chi connectivity index (χ2v) is 10.6. The number of alkyl halides is 3. The molecule has 2 fully saturated rings. The van der Waals surface area contributed by atoms with E-state index in [9.17, 15) is 18.3 Å². The topological polar surface area (TPSA) is 79.5 Å². The van der Waals surface area contributed by atoms with E-state index in [4.69, 9.17) is 4.74 Å². The van der Waals surface area contributed by atoms with Crippen molar-refractivity contribution in [2.24, 2.45) is 0 Å². The number of tetrazole rings is 1. The zero-order valence-electron chi connectivity index (χ0n) is 23.3. The molecule has 3 heterocycles. The van der Waals surface area contributed by atoms with E-state index in [1.165, 1.54) is 17.2 Å². The molecule has 1 N–H and O–H groups in total. The fourth-order valence-electron chi connectivity index (χ4n) is 6.39. The Kier molecular flexibility index (Phi) is 10.3. The van der Waals surface area contributed by atoms with Crippen LogP contribution in [0, 0.1) is 0 Å². The molecule has 3 atom stereocenters. The van der Waals surface area contributed by atoms with Crippen LogP contribution in [-0.4, -0.2) is 80.0 Å². The molecule has 8 nitrogen and oxygen atoms in total. The zero-order valence-corrected chi connectivity index (χ0v) is 25.0. The lowest BCUT2D eigenvalue weighted by atomic mass is 9.82. The Bertz CT molecular complexity index is 1440. The molecule has 43 heavy (non-hydrogen) atoms. The van der Waals surface area contributed by atoms with Crippen LogP contribution < -0.4 is 4.74 Å². The number of piperazine rings is 1. The molecule has 2 aliphatic heterocycles. The number of ether oxygens (including phenoxy) is 1. The molecule has 0 bridgehead atoms. The molecule has 6 rings (SSSR count). The van der Waals surface area contributed by atoms with E-state index < -0.39 is 18.1 Å². The van der Waals surface area contributed by atoms with Crippen LogP contribution in [0.2, 0.25) is 0 Å². The Morgan fingerprint density at radius 2 is 1.60 bits per heavy atom. The molecule has 0 amide bonds. The number of methoxy groups -OCH3 is 1. The number of aromatic nitrogens is 4. The van der Waals surface area contributed by atoms with Crippen molar-refractivity contribution in [3.63, 3.8) is 0 Å². The molecule has 0 aliphatic carbocycles. The average Bonchev–Trinajstić information content (AvgIpc) is 3.62. The number of hydrogen-bond donors (Lipinski definition) is 1. The van der Waals surface area contributed by atoms with E-state index in [0.29, 0.717) is 42.0 Å². The van der Waals surface area contributed by atoms with Crippen molar-refractivity contribution >= 4 is 24.8 Å². The fourth-order valence-corrected chi connectivity index (χ4v) is 6.39. The number of benzene rings is 3. The Morgan fingerprint density at radius 1 is 0.953 bits per heavy atom. The molecule has 1 aromatic heterocycles. The van der Waals surface area contributed by atoms with Crippen LogP contribution in [0.3, 0.4) is 0 Å². The van der Waals surface area contributed by atoms with Gasteiger partial charge >= 0.3 is 6.18 Å². The number of halogens is 5. The third-order valence-electron chi connectivity index (χ3n) is 8.20. The van der Waals surface area contributed by atoms with E-state index >= 15 is 0 Å². The maximum absolute atomic E-state index is 13.5. The minimum atomic E-state index is -4.70. The second kappa shape index (κ2) is 13.6. The Hall–Kier alpha value is -3.22. The Balaban J connectivity index is 0.00000212. The standard InChI is InChI=1S/C30H31F3N6O2.2ClH/c1-41-27-13-12-23(39-29(30(31,32)33)34-35-36-39)16-22(27)17-37-18-24-26(40)14-15-38(24)25(19-37)28(20-8-4-2-5-9-20)21-10-6-3-7-11-21;;/h2-13,16,24-26,28,40H,14-15,17-19H2,1H3;2*1H/t24-,25+,26+;;/m1../s1. The van der Waals surface area contributed by atoms with Gasteiger partial charge in [-0.2, -0.15) is 17.9 Å². The molecular weight excluding hydrogens is 604 g/mol. The first-order valence-corrected chi connectivity index (χ1v) is 13.6. The lowest BCUT2D eigenvalue weighted by Crippen LogP contribution is -2.59. The number of nitrogens with zero attached hydrogens (tertiary/aromatic N) is 6. The third kappa shape index (κ3) is 6.66. The molecular formula is C30H33Cl2F3N6O2. The summed E-state index contributed by atoms with van der Waals surface area (Å²) in [6.45, 7) is 2.55. The van der Waals surface area contributed by atoms with Gasteiger partial charge in [-0.25, -0.2) is 0 Å². The van der Waals surface area contributed by atoms with E-state index in [2.05, 4.69) is 49.6 Å². The highest BCUT2D eigenvalue weighted by Gasteiger charge is 2.45. The van der Waals surface area contributed by atoms with Crippen molar-refractivity contribution in [2.45, 2.75) is 43.2 Å². The average molecular weight is 638 g/mol. The maximum Gasteiger partial charge on any atom is 0.453 e. The van der Waals surface area contributed by atoms with Gasteiger partial charge in [-0.05, 0) is 46.2 Å². The molecule has 13 heteroatoms. The van der Waals surface area contributed by atoms with Crippen LogP contribution >= 0.6 is 24.8 Å². The van der Waals surface area contributed by atoms with Gasteiger partial charge in [0, 0.05) is 49.7 Å². The predicted molar refractivity (Wildman–Crippen MR) is 160 cm³/mol. The first-order valence-electron chi connectivity index (χ1n) is 13.6. The van der Waals surface area contributed by atoms with Gasteiger partial charge in [0.05, 0.1) is 18.9 Å². The summed E-state index contributed by atoms with van der Waals surface area (Å²) in [5, 5.41) is 21.0. The van der Waals surface area contributed by atoms with Gasteiger partial charge in [0.25, 0.3) is 5.82 Å². The van der Waals surface area contributed by atoms with Crippen LogP contribution in [0.4, 0.5) is 13.2 Å². The van der Waals surface area contributed by atoms with Gasteiger partial charge < -0.3 is 9.84 Å². The van der Waals surface area contributed by atoms with Gasteiger partial charge in [0.15, 0.2) is 0 Å². The summed E-state index contributed by atoms with van der Waals surface area (Å²) in [4.78, 5) is 4.71. The highest BCUT2D eigenvalue weighted by atomic mass is 35.5. The van der Waals surface area contributed by atoms with E-state index in [1.807, 2.05) is 36.4 Å². The number of hydrogen-bond acceptors (Lipinski definition) is 7. The van der Waals surface area contributed by atoms with Gasteiger partial charge in [0.1, 0.15) is 5.75 Å². The molecule has 0 spiro atoms. The lowest BCUT2D eigenvalue weighted by Gasteiger charge is -2.47. The summed E-state index contributed by atoms with van der Waals surface area (Å²) in [7, 11) is 1.54. The monoisotopic (exact) mass is 636 g/mol. The lowest BCUT2D eigenvalue weighted by molar-refractivity contribution is -0.146. The van der Waals surface area contributed by atoms with Gasteiger partial charge in [-0.3, -0.25) is 9.80 Å². The van der Waals surface area contributed by atoms with Crippen molar-refractivity contribution in [1.82, 2.24) is 30.0 Å². The van der Waals surface area contributed by atoms with Crippen LogP contribution in [0.1, 0.15) is 34.9 Å². The third-order valence-corrected chi connectivity index (χ3v) is 8.20. The number of fused-ring (bicyclic) bond motifs is 1. The molecule has 0 radical (unpaired) electrons. The van der Waals surface area contributed by atoms with Crippen LogP contribution in [0.15, 0.2) is 78.9 Å². The molecule has 2 aliphatic rings. The molecule has 4 aromatic rings. The van der Waals surface area contributed by atoms with Gasteiger partial charge in [0.2, 0.25) is 0 Å². The predicted octanol–water partition coefficient (Wildman–Crippen LogP) is 4.98. The SMILES string of the molecule is COc1ccc(-n2nnnc2C(F)(F)F)cc1CN1C[C@@H]2[C@@H](O)CCN2[C@H](C(c2ccccc2)c2ccccc2)C1.Cl.Cl. The molecule has 0 saturated carbocycles. The van der Waals surface area contributed by atoms with Crippen molar-refractivity contribution in [1.29, 1.82) is 0 Å². The summed E-state index contributed by atoms with van der Waals surface area (Å²) in [5.41, 5.74) is 3.30. The molecule has 230 valence electrons. The minimum Gasteiger partial charge on any atom is -0.496 e. The van der Waals surface area contributed by atoms with Crippen molar-refractivity contribution in [2.75, 3.05) is 26.7 Å². The van der Waals surface area contributed by atoms with Gasteiger partial charge in [-0.15, -0.1) is 29.9 Å². The van der Waals surface area contributed by atoms with Crippen molar-refractivity contribution in [3.8, 4) is 11.4 Å². The number of aliphatic hydroxyl groups is 1. The maximum atomic E-state index is 13.5. The van der Waals surface area contributed by atoms with Crippen LogP contribution in [0.5, 0.6) is 5.75 Å². The second-order valence-electron chi connectivity index (χ2n) is 10.6. The summed E-state index contributed by atoms with van der Waals surface area (Å²) >= 11 is 0. The quantitative estimate of drug-likeness (QED) is 0.306. The van der Waals surface area contributed by atoms with Gasteiger partial charge in [-0.1, -0.05) is 60.7 Å². The number of rotatable bonds is 7. The largest absolute Gasteiger partial charge is 0.496 e. The number of aliphatic hydroxyl groups excluding tert-OH is 1. The Labute approximate surface area is 260 Å². The highest BCUT2D eigenvalue weighted by Crippen LogP contribution is 2.39. The van der Waals surface area contributed by atoms with E-state index in [-0.39, 0.29) is 48.5 Å². The molecule has 3 aromatic carbocycles. The summed E-state index contributed by atoms with van der Waals surface area (Å²) in [6.07, 6.45) is -4.46. The summed E-state index contributed by atoms with van der Waals surface area (Å²) in [6, 6.07) is 25.6. The van der Waals surface area contributed by atoms with E-state index in [1.54, 1.807) is 19.2 Å². The zero-order chi connectivity index (χ0) is 28.6. The molecule has 0 unspecified atom stereocenters.